The Hall–Kier alpha value is -0.990. The largest absolute Gasteiger partial charge is 0.353 e. The Labute approximate surface area is 91.9 Å². The Kier molecular flexibility index (Phi) is 2.72. The molecule has 1 N–H and O–H groups in total. The van der Waals surface area contributed by atoms with Crippen molar-refractivity contribution in [1.29, 1.82) is 0 Å². The normalized spacial score (nSPS) is 21.5. The van der Waals surface area contributed by atoms with E-state index in [1.807, 2.05) is 24.0 Å². The lowest BCUT2D eigenvalue weighted by atomic mass is 9.76. The maximum absolute atomic E-state index is 4.30. The molecule has 3 nitrogen and oxygen atoms in total. The second-order valence-corrected chi connectivity index (χ2v) is 5.44. The van der Waals surface area contributed by atoms with Crippen molar-refractivity contribution in [2.75, 3.05) is 5.32 Å². The minimum absolute atomic E-state index is 0.541. The number of hydrogen-bond acceptors (Lipinski definition) is 2. The summed E-state index contributed by atoms with van der Waals surface area (Å²) in [4.78, 5) is 4.30. The number of hydrogen-bond donors (Lipinski definition) is 1. The van der Waals surface area contributed by atoms with Gasteiger partial charge >= 0.3 is 0 Å². The molecule has 1 heterocycles. The molecular formula is C12H21N3. The fourth-order valence-electron chi connectivity index (χ4n) is 2.23. The van der Waals surface area contributed by atoms with Crippen molar-refractivity contribution in [3.8, 4) is 0 Å². The molecule has 0 aliphatic heterocycles. The van der Waals surface area contributed by atoms with Crippen LogP contribution in [0.15, 0.2) is 12.4 Å². The first kappa shape index (κ1) is 10.5. The van der Waals surface area contributed by atoms with Crippen molar-refractivity contribution in [1.82, 2.24) is 9.55 Å². The highest BCUT2D eigenvalue weighted by Crippen LogP contribution is 2.35. The van der Waals surface area contributed by atoms with Crippen LogP contribution in [0.2, 0.25) is 0 Å². The second kappa shape index (κ2) is 3.87. The summed E-state index contributed by atoms with van der Waals surface area (Å²) in [7, 11) is 2.03. The minimum atomic E-state index is 0.541. The molecule has 1 saturated carbocycles. The zero-order chi connectivity index (χ0) is 10.9. The molecule has 1 aliphatic carbocycles. The number of nitrogens with zero attached hydrogens (tertiary/aromatic N) is 2. The number of anilines is 1. The average Bonchev–Trinajstić information content (AvgIpc) is 2.56. The molecule has 2 rings (SSSR count). The van der Waals surface area contributed by atoms with Crippen LogP contribution in [0.3, 0.4) is 0 Å². The molecule has 0 spiro atoms. The SMILES string of the molecule is Cn1ccnc1NC1CCC(C)(C)CC1. The van der Waals surface area contributed by atoms with Crippen molar-refractivity contribution < 1.29 is 0 Å². The third-order valence-corrected chi connectivity index (χ3v) is 3.49. The third-order valence-electron chi connectivity index (χ3n) is 3.49. The molecule has 0 bridgehead atoms. The molecule has 0 amide bonds. The second-order valence-electron chi connectivity index (χ2n) is 5.44. The molecule has 0 atom stereocenters. The summed E-state index contributed by atoms with van der Waals surface area (Å²) in [6.45, 7) is 4.73. The first-order chi connectivity index (χ1) is 7.07. The van der Waals surface area contributed by atoms with Crippen molar-refractivity contribution in [3.63, 3.8) is 0 Å². The van der Waals surface area contributed by atoms with Crippen LogP contribution < -0.4 is 5.32 Å². The lowest BCUT2D eigenvalue weighted by Gasteiger charge is -2.34. The van der Waals surface area contributed by atoms with Gasteiger partial charge in [0.15, 0.2) is 0 Å². The van der Waals surface area contributed by atoms with Gasteiger partial charge in [0.2, 0.25) is 5.95 Å². The van der Waals surface area contributed by atoms with E-state index >= 15 is 0 Å². The van der Waals surface area contributed by atoms with Crippen LogP contribution in [0.4, 0.5) is 5.95 Å². The lowest BCUT2D eigenvalue weighted by Crippen LogP contribution is -2.30. The van der Waals surface area contributed by atoms with Crippen LogP contribution in [0, 0.1) is 5.41 Å². The number of aryl methyl sites for hydroxylation is 1. The summed E-state index contributed by atoms with van der Waals surface area (Å²) < 4.78 is 2.04. The van der Waals surface area contributed by atoms with E-state index < -0.39 is 0 Å². The molecule has 84 valence electrons. The monoisotopic (exact) mass is 207 g/mol. The molecule has 0 radical (unpaired) electrons. The highest BCUT2D eigenvalue weighted by Gasteiger charge is 2.26. The average molecular weight is 207 g/mol. The molecule has 1 aromatic rings. The summed E-state index contributed by atoms with van der Waals surface area (Å²) in [6, 6.07) is 0.610. The maximum Gasteiger partial charge on any atom is 0.202 e. The van der Waals surface area contributed by atoms with Crippen LogP contribution in [-0.4, -0.2) is 15.6 Å². The minimum Gasteiger partial charge on any atom is -0.353 e. The standard InChI is InChI=1S/C12H21N3/c1-12(2)6-4-10(5-7-12)14-11-13-8-9-15(11)3/h8-10H,4-7H2,1-3H3,(H,13,14). The number of nitrogens with one attached hydrogen (secondary N) is 1. The van der Waals surface area contributed by atoms with Gasteiger partial charge in [0, 0.05) is 25.5 Å². The van der Waals surface area contributed by atoms with Gasteiger partial charge < -0.3 is 9.88 Å². The van der Waals surface area contributed by atoms with E-state index in [0.29, 0.717) is 11.5 Å². The molecule has 0 saturated heterocycles. The van der Waals surface area contributed by atoms with E-state index in [2.05, 4.69) is 24.1 Å². The summed E-state index contributed by atoms with van der Waals surface area (Å²) in [5.41, 5.74) is 0.541. The van der Waals surface area contributed by atoms with E-state index in [4.69, 9.17) is 0 Å². The summed E-state index contributed by atoms with van der Waals surface area (Å²) in [6.07, 6.45) is 8.98. The molecular weight excluding hydrogens is 186 g/mol. The quantitative estimate of drug-likeness (QED) is 0.808. The van der Waals surface area contributed by atoms with Crippen LogP contribution in [0.1, 0.15) is 39.5 Å². The summed E-state index contributed by atoms with van der Waals surface area (Å²) >= 11 is 0. The van der Waals surface area contributed by atoms with Crippen LogP contribution in [-0.2, 0) is 7.05 Å². The van der Waals surface area contributed by atoms with Gasteiger partial charge in [0.05, 0.1) is 0 Å². The number of aromatic nitrogens is 2. The van der Waals surface area contributed by atoms with E-state index in [1.165, 1.54) is 25.7 Å². The predicted octanol–water partition coefficient (Wildman–Crippen LogP) is 2.80. The first-order valence-electron chi connectivity index (χ1n) is 5.81. The molecule has 1 fully saturated rings. The van der Waals surface area contributed by atoms with Crippen LogP contribution in [0.25, 0.3) is 0 Å². The Balaban J connectivity index is 1.90. The van der Waals surface area contributed by atoms with Gasteiger partial charge in [0.25, 0.3) is 0 Å². The zero-order valence-corrected chi connectivity index (χ0v) is 9.95. The van der Waals surface area contributed by atoms with Gasteiger partial charge in [-0.15, -0.1) is 0 Å². The van der Waals surface area contributed by atoms with Crippen molar-refractivity contribution in [3.05, 3.63) is 12.4 Å². The van der Waals surface area contributed by atoms with E-state index in [1.54, 1.807) is 0 Å². The lowest BCUT2D eigenvalue weighted by molar-refractivity contribution is 0.232. The molecule has 15 heavy (non-hydrogen) atoms. The molecule has 3 heteroatoms. The van der Waals surface area contributed by atoms with Crippen LogP contribution in [0.5, 0.6) is 0 Å². The number of rotatable bonds is 2. The predicted molar refractivity (Wildman–Crippen MR) is 62.9 cm³/mol. The molecule has 0 unspecified atom stereocenters. The highest BCUT2D eigenvalue weighted by molar-refractivity contribution is 5.27. The van der Waals surface area contributed by atoms with Gasteiger partial charge in [-0.3, -0.25) is 0 Å². The van der Waals surface area contributed by atoms with E-state index in [0.717, 1.165) is 5.95 Å². The molecule has 1 aromatic heterocycles. The van der Waals surface area contributed by atoms with Gasteiger partial charge in [-0.2, -0.15) is 0 Å². The van der Waals surface area contributed by atoms with Gasteiger partial charge in [-0.05, 0) is 31.1 Å². The zero-order valence-electron chi connectivity index (χ0n) is 9.95. The fraction of sp³-hybridized carbons (Fsp3) is 0.750. The topological polar surface area (TPSA) is 29.9 Å². The first-order valence-corrected chi connectivity index (χ1v) is 5.81. The summed E-state index contributed by atoms with van der Waals surface area (Å²) in [5, 5.41) is 3.52. The Morgan fingerprint density at radius 2 is 2.07 bits per heavy atom. The number of imidazole rings is 1. The molecule has 0 aromatic carbocycles. The van der Waals surface area contributed by atoms with E-state index in [-0.39, 0.29) is 0 Å². The molecule has 1 aliphatic rings. The van der Waals surface area contributed by atoms with Gasteiger partial charge in [-0.25, -0.2) is 4.98 Å². The van der Waals surface area contributed by atoms with Crippen molar-refractivity contribution in [2.24, 2.45) is 12.5 Å². The Bertz CT molecular complexity index is 317. The van der Waals surface area contributed by atoms with Crippen LogP contribution >= 0.6 is 0 Å². The smallest absolute Gasteiger partial charge is 0.202 e. The van der Waals surface area contributed by atoms with Gasteiger partial charge in [-0.1, -0.05) is 13.8 Å². The summed E-state index contributed by atoms with van der Waals surface area (Å²) in [5.74, 6) is 1.000. The van der Waals surface area contributed by atoms with E-state index in [9.17, 15) is 0 Å². The van der Waals surface area contributed by atoms with Crippen molar-refractivity contribution in [2.45, 2.75) is 45.6 Å². The highest BCUT2D eigenvalue weighted by atomic mass is 15.2. The fourth-order valence-corrected chi connectivity index (χ4v) is 2.23. The maximum atomic E-state index is 4.30. The Morgan fingerprint density at radius 3 is 2.60 bits per heavy atom. The van der Waals surface area contributed by atoms with Crippen molar-refractivity contribution >= 4 is 5.95 Å². The van der Waals surface area contributed by atoms with Gasteiger partial charge in [0.1, 0.15) is 0 Å². The Morgan fingerprint density at radius 1 is 1.40 bits per heavy atom. The third kappa shape index (κ3) is 2.52.